The summed E-state index contributed by atoms with van der Waals surface area (Å²) in [6.45, 7) is 25.0. The van der Waals surface area contributed by atoms with E-state index in [1.165, 1.54) is 16.7 Å². The van der Waals surface area contributed by atoms with E-state index < -0.39 is 8.07 Å². The molecule has 2 aromatic rings. The molecule has 2 rings (SSSR count). The fourth-order valence-electron chi connectivity index (χ4n) is 3.78. The van der Waals surface area contributed by atoms with E-state index in [0.717, 1.165) is 17.1 Å². The number of benzene rings is 2. The highest BCUT2D eigenvalue weighted by molar-refractivity contribution is 7.57. The summed E-state index contributed by atoms with van der Waals surface area (Å²) in [6.07, 6.45) is 0. The molecule has 31 heavy (non-hydrogen) atoms. The molecule has 0 aliphatic rings. The molecule has 2 nitrogen and oxygen atoms in total. The lowest BCUT2D eigenvalue weighted by Crippen LogP contribution is -2.26. The van der Waals surface area contributed by atoms with Crippen LogP contribution in [0.3, 0.4) is 0 Å². The second-order valence-electron chi connectivity index (χ2n) is 11.2. The van der Waals surface area contributed by atoms with Crippen molar-refractivity contribution in [3.63, 3.8) is 0 Å². The highest BCUT2D eigenvalue weighted by Crippen LogP contribution is 2.43. The molecule has 1 N–H and O–H groups in total. The lowest BCUT2D eigenvalue weighted by molar-refractivity contribution is 0.590. The van der Waals surface area contributed by atoms with E-state index in [1.807, 2.05) is 0 Å². The lowest BCUT2D eigenvalue weighted by atomic mass is 9.84. The molecule has 0 heterocycles. The molecule has 3 heteroatoms. The minimum atomic E-state index is -0.396. The minimum absolute atomic E-state index is 0.0346. The Labute approximate surface area is 192 Å². The Morgan fingerprint density at radius 3 is 1.81 bits per heavy atom. The number of hydrogen-bond acceptors (Lipinski definition) is 1. The Kier molecular flexibility index (Phi) is 8.15. The third-order valence-electron chi connectivity index (χ3n) is 5.64. The van der Waals surface area contributed by atoms with Gasteiger partial charge in [0.1, 0.15) is 5.84 Å². The molecular weight excluding hydrogens is 395 g/mol. The first-order chi connectivity index (χ1) is 14.2. The summed E-state index contributed by atoms with van der Waals surface area (Å²) in [7, 11) is -0.396. The van der Waals surface area contributed by atoms with Crippen molar-refractivity contribution < 1.29 is 0 Å². The van der Waals surface area contributed by atoms with Crippen LogP contribution in [0, 0.1) is 6.92 Å². The van der Waals surface area contributed by atoms with Crippen molar-refractivity contribution in [3.05, 3.63) is 64.7 Å². The molecule has 0 amide bonds. The molecule has 0 fully saturated rings. The summed E-state index contributed by atoms with van der Waals surface area (Å²) in [4.78, 5) is 5.31. The van der Waals surface area contributed by atoms with Crippen molar-refractivity contribution in [1.29, 1.82) is 0 Å². The molecule has 0 aliphatic heterocycles. The van der Waals surface area contributed by atoms with Crippen molar-refractivity contribution in [2.24, 2.45) is 4.99 Å². The zero-order valence-corrected chi connectivity index (χ0v) is 22.5. The first kappa shape index (κ1) is 25.6. The maximum absolute atomic E-state index is 5.31. The molecule has 170 valence electrons. The zero-order chi connectivity index (χ0) is 23.6. The van der Waals surface area contributed by atoms with Gasteiger partial charge in [-0.25, -0.2) is 4.99 Å². The van der Waals surface area contributed by atoms with Crippen LogP contribution in [0.1, 0.15) is 91.5 Å². The quantitative estimate of drug-likeness (QED) is 0.282. The molecule has 0 spiro atoms. The van der Waals surface area contributed by atoms with E-state index in [4.69, 9.17) is 4.99 Å². The maximum atomic E-state index is 5.31. The maximum Gasteiger partial charge on any atom is 0.137 e. The Bertz CT molecular complexity index is 886. The summed E-state index contributed by atoms with van der Waals surface area (Å²) in [5.41, 5.74) is 7.43. The van der Waals surface area contributed by atoms with Crippen LogP contribution in [-0.4, -0.2) is 17.2 Å². The summed E-state index contributed by atoms with van der Waals surface area (Å²) in [5.74, 6) is 0.994. The second kappa shape index (κ2) is 9.86. The van der Waals surface area contributed by atoms with Gasteiger partial charge >= 0.3 is 0 Å². The standard InChI is InChI=1S/C28H43N2P/c1-19(2)31(20(3)4)30-26(22-15-17-23(18-16-22)27(6,7)8)29-25-21(5)13-12-14-24(25)28(9,10)11/h12-20H,1-11H3,(H,29,30). The number of rotatable bonds is 5. The van der Waals surface area contributed by atoms with Gasteiger partial charge in [0.15, 0.2) is 0 Å². The van der Waals surface area contributed by atoms with Crippen molar-refractivity contribution in [2.75, 3.05) is 0 Å². The van der Waals surface area contributed by atoms with Crippen molar-refractivity contribution in [2.45, 2.75) is 98.3 Å². The largest absolute Gasteiger partial charge is 0.348 e. The number of hydrogen-bond donors (Lipinski definition) is 1. The highest BCUT2D eigenvalue weighted by Gasteiger charge is 2.23. The Hall–Kier alpha value is -1.66. The van der Waals surface area contributed by atoms with Gasteiger partial charge in [-0.15, -0.1) is 0 Å². The monoisotopic (exact) mass is 438 g/mol. The molecule has 0 radical (unpaired) electrons. The fourth-order valence-corrected chi connectivity index (χ4v) is 5.92. The molecule has 0 aliphatic carbocycles. The van der Waals surface area contributed by atoms with E-state index in [1.54, 1.807) is 0 Å². The highest BCUT2D eigenvalue weighted by atomic mass is 31.1. The normalized spacial score (nSPS) is 13.4. The first-order valence-electron chi connectivity index (χ1n) is 11.6. The van der Waals surface area contributed by atoms with Gasteiger partial charge in [-0.3, -0.25) is 0 Å². The SMILES string of the molecule is Cc1cccc(C(C)(C)C)c1N=C(NP(C(C)C)C(C)C)c1ccc(C(C)(C)C)cc1. The van der Waals surface area contributed by atoms with Gasteiger partial charge < -0.3 is 5.09 Å². The van der Waals surface area contributed by atoms with Crippen LogP contribution in [0.15, 0.2) is 47.5 Å². The van der Waals surface area contributed by atoms with E-state index >= 15 is 0 Å². The predicted octanol–water partition coefficient (Wildman–Crippen LogP) is 8.47. The van der Waals surface area contributed by atoms with Crippen LogP contribution in [0.25, 0.3) is 0 Å². The van der Waals surface area contributed by atoms with Gasteiger partial charge in [0.05, 0.1) is 5.69 Å². The topological polar surface area (TPSA) is 24.4 Å². The van der Waals surface area contributed by atoms with Crippen LogP contribution in [0.4, 0.5) is 5.69 Å². The van der Waals surface area contributed by atoms with Gasteiger partial charge in [-0.2, -0.15) is 0 Å². The number of aryl methyl sites for hydroxylation is 1. The molecule has 0 unspecified atom stereocenters. The average molecular weight is 439 g/mol. The average Bonchev–Trinajstić information content (AvgIpc) is 2.64. The molecular formula is C28H43N2P. The first-order valence-corrected chi connectivity index (χ1v) is 13.0. The van der Waals surface area contributed by atoms with Crippen molar-refractivity contribution >= 4 is 19.6 Å². The van der Waals surface area contributed by atoms with Crippen LogP contribution < -0.4 is 5.09 Å². The van der Waals surface area contributed by atoms with Gasteiger partial charge in [0, 0.05) is 5.56 Å². The Morgan fingerprint density at radius 2 is 1.35 bits per heavy atom. The zero-order valence-electron chi connectivity index (χ0n) is 21.6. The van der Waals surface area contributed by atoms with Gasteiger partial charge in [-0.05, 0) is 53.8 Å². The second-order valence-corrected chi connectivity index (χ2v) is 14.3. The van der Waals surface area contributed by atoms with E-state index in [2.05, 4.69) is 124 Å². The van der Waals surface area contributed by atoms with Gasteiger partial charge in [0.25, 0.3) is 0 Å². The number of aliphatic imine (C=N–C) groups is 1. The molecule has 0 aromatic heterocycles. The van der Waals surface area contributed by atoms with Crippen LogP contribution in [0.5, 0.6) is 0 Å². The van der Waals surface area contributed by atoms with E-state index in [0.29, 0.717) is 11.3 Å². The third kappa shape index (κ3) is 6.66. The van der Waals surface area contributed by atoms with E-state index in [-0.39, 0.29) is 10.8 Å². The fraction of sp³-hybridized carbons (Fsp3) is 0.536. The number of nitrogens with zero attached hydrogens (tertiary/aromatic N) is 1. The number of para-hydroxylation sites is 1. The van der Waals surface area contributed by atoms with Gasteiger partial charge in [-0.1, -0.05) is 112 Å². The molecule has 0 saturated heterocycles. The summed E-state index contributed by atoms with van der Waals surface area (Å²) >= 11 is 0. The van der Waals surface area contributed by atoms with E-state index in [9.17, 15) is 0 Å². The lowest BCUT2D eigenvalue weighted by Gasteiger charge is -2.29. The molecule has 0 atom stereocenters. The Morgan fingerprint density at radius 1 is 0.806 bits per heavy atom. The molecule has 0 saturated carbocycles. The number of amidine groups is 1. The summed E-state index contributed by atoms with van der Waals surface area (Å²) in [6, 6.07) is 15.5. The summed E-state index contributed by atoms with van der Waals surface area (Å²) < 4.78 is 0. The van der Waals surface area contributed by atoms with Crippen molar-refractivity contribution in [1.82, 2.24) is 5.09 Å². The Balaban J connectivity index is 2.66. The van der Waals surface area contributed by atoms with Crippen LogP contribution in [-0.2, 0) is 10.8 Å². The number of nitrogens with one attached hydrogen (secondary N) is 1. The van der Waals surface area contributed by atoms with Gasteiger partial charge in [0.2, 0.25) is 0 Å². The van der Waals surface area contributed by atoms with Crippen molar-refractivity contribution in [3.8, 4) is 0 Å². The van der Waals surface area contributed by atoms with Crippen LogP contribution >= 0.6 is 8.07 Å². The molecule has 2 aromatic carbocycles. The molecule has 0 bridgehead atoms. The predicted molar refractivity (Wildman–Crippen MR) is 142 cm³/mol. The summed E-state index contributed by atoms with van der Waals surface area (Å²) in [5, 5.41) is 3.90. The minimum Gasteiger partial charge on any atom is -0.348 e. The smallest absolute Gasteiger partial charge is 0.137 e. The third-order valence-corrected chi connectivity index (χ3v) is 8.34. The van der Waals surface area contributed by atoms with Crippen LogP contribution in [0.2, 0.25) is 0 Å².